The molecule has 2 N–H and O–H groups in total. The molecule has 0 atom stereocenters. The van der Waals surface area contributed by atoms with Crippen molar-refractivity contribution in [3.8, 4) is 0 Å². The van der Waals surface area contributed by atoms with Gasteiger partial charge in [-0.2, -0.15) is 0 Å². The summed E-state index contributed by atoms with van der Waals surface area (Å²) in [7, 11) is -3.67. The Balaban J connectivity index is 2.30. The molecular weight excluding hydrogens is 314 g/mol. The van der Waals surface area contributed by atoms with Crippen molar-refractivity contribution in [2.75, 3.05) is 6.54 Å². The summed E-state index contributed by atoms with van der Waals surface area (Å²) < 4.78 is 27.8. The second-order valence-electron chi connectivity index (χ2n) is 6.13. The van der Waals surface area contributed by atoms with Crippen LogP contribution in [0.1, 0.15) is 35.1 Å². The predicted molar refractivity (Wildman–Crippen MR) is 89.0 cm³/mol. The van der Waals surface area contributed by atoms with E-state index in [9.17, 15) is 13.2 Å². The van der Waals surface area contributed by atoms with Crippen LogP contribution in [-0.2, 0) is 21.2 Å². The number of carboxylic acids is 1. The van der Waals surface area contributed by atoms with Gasteiger partial charge in [0, 0.05) is 6.54 Å². The van der Waals surface area contributed by atoms with Crippen LogP contribution in [0.2, 0.25) is 0 Å². The Morgan fingerprint density at radius 1 is 1.30 bits per heavy atom. The largest absolute Gasteiger partial charge is 0.481 e. The summed E-state index contributed by atoms with van der Waals surface area (Å²) in [5, 5.41) is 9.04. The number of carbonyl (C=O) groups is 1. The maximum absolute atomic E-state index is 12.6. The van der Waals surface area contributed by atoms with Crippen LogP contribution in [0.15, 0.2) is 23.1 Å². The van der Waals surface area contributed by atoms with E-state index in [2.05, 4.69) is 4.72 Å². The lowest BCUT2D eigenvalue weighted by atomic mass is 9.97. The van der Waals surface area contributed by atoms with Gasteiger partial charge in [0.15, 0.2) is 0 Å². The number of nitrogens with one attached hydrogen (secondary N) is 1. The molecule has 0 bridgehead atoms. The Bertz CT molecular complexity index is 746. The Kier molecular flexibility index (Phi) is 5.26. The number of benzene rings is 1. The summed E-state index contributed by atoms with van der Waals surface area (Å²) >= 11 is 0. The molecule has 0 radical (unpaired) electrons. The van der Waals surface area contributed by atoms with Crippen molar-refractivity contribution in [2.45, 2.75) is 44.9 Å². The normalized spacial score (nSPS) is 15.3. The Morgan fingerprint density at radius 3 is 2.52 bits per heavy atom. The zero-order valence-electron chi connectivity index (χ0n) is 13.7. The van der Waals surface area contributed by atoms with Crippen molar-refractivity contribution in [3.63, 3.8) is 0 Å². The van der Waals surface area contributed by atoms with Gasteiger partial charge in [-0.25, -0.2) is 13.1 Å². The Morgan fingerprint density at radius 2 is 1.96 bits per heavy atom. The van der Waals surface area contributed by atoms with Gasteiger partial charge in [-0.1, -0.05) is 18.2 Å². The molecule has 1 saturated carbocycles. The van der Waals surface area contributed by atoms with Crippen LogP contribution in [0.4, 0.5) is 0 Å². The number of hydrogen-bond donors (Lipinski definition) is 2. The highest BCUT2D eigenvalue weighted by Crippen LogP contribution is 2.30. The standard InChI is InChI=1S/C17H23NO4S/c1-11-9-12(2)17(13(3)15(11)10-16(19)20)23(21,22)18-8-4-5-14-6-7-14/h4-5,9,14,18H,6-8,10H2,1-3H3,(H,19,20)/b5-4+. The minimum absolute atomic E-state index is 0.179. The minimum atomic E-state index is -3.67. The lowest BCUT2D eigenvalue weighted by molar-refractivity contribution is -0.136. The average molecular weight is 337 g/mol. The van der Waals surface area contributed by atoms with Crippen LogP contribution >= 0.6 is 0 Å². The molecule has 1 fully saturated rings. The number of rotatable bonds is 7. The molecule has 23 heavy (non-hydrogen) atoms. The zero-order valence-corrected chi connectivity index (χ0v) is 14.5. The molecule has 0 unspecified atom stereocenters. The summed E-state index contributed by atoms with van der Waals surface area (Å²) in [6, 6.07) is 1.74. The van der Waals surface area contributed by atoms with E-state index in [1.165, 1.54) is 12.8 Å². The summed E-state index contributed by atoms with van der Waals surface area (Å²) in [6.45, 7) is 5.46. The van der Waals surface area contributed by atoms with Gasteiger partial charge in [0.05, 0.1) is 11.3 Å². The molecule has 0 heterocycles. The summed E-state index contributed by atoms with van der Waals surface area (Å²) in [5.74, 6) is -0.367. The Hall–Kier alpha value is -1.66. The van der Waals surface area contributed by atoms with Gasteiger partial charge in [0.1, 0.15) is 0 Å². The van der Waals surface area contributed by atoms with Crippen molar-refractivity contribution in [1.29, 1.82) is 0 Å². The number of hydrogen-bond acceptors (Lipinski definition) is 3. The van der Waals surface area contributed by atoms with Crippen LogP contribution in [0.5, 0.6) is 0 Å². The molecule has 5 nitrogen and oxygen atoms in total. The van der Waals surface area contributed by atoms with Gasteiger partial charge in [0.2, 0.25) is 10.0 Å². The van der Waals surface area contributed by atoms with Crippen molar-refractivity contribution in [1.82, 2.24) is 4.72 Å². The van der Waals surface area contributed by atoms with Crippen molar-refractivity contribution in [3.05, 3.63) is 40.5 Å². The lowest BCUT2D eigenvalue weighted by Crippen LogP contribution is -2.26. The van der Waals surface area contributed by atoms with Crippen LogP contribution in [0, 0.1) is 26.7 Å². The molecule has 1 aromatic rings. The summed E-state index contributed by atoms with van der Waals surface area (Å²) in [6.07, 6.45) is 6.05. The third-order valence-corrected chi connectivity index (χ3v) is 5.79. The van der Waals surface area contributed by atoms with Gasteiger partial charge in [-0.05, 0) is 61.8 Å². The first-order valence-corrected chi connectivity index (χ1v) is 9.18. The predicted octanol–water partition coefficient (Wildman–Crippen LogP) is 2.48. The maximum atomic E-state index is 12.6. The number of allylic oxidation sites excluding steroid dienone is 1. The molecule has 0 aromatic heterocycles. The van der Waals surface area contributed by atoms with Gasteiger partial charge in [0.25, 0.3) is 0 Å². The van der Waals surface area contributed by atoms with Crippen LogP contribution < -0.4 is 4.72 Å². The highest BCUT2D eigenvalue weighted by molar-refractivity contribution is 7.89. The molecule has 0 saturated heterocycles. The number of sulfonamides is 1. The highest BCUT2D eigenvalue weighted by atomic mass is 32.2. The van der Waals surface area contributed by atoms with E-state index in [-0.39, 0.29) is 17.9 Å². The van der Waals surface area contributed by atoms with Crippen LogP contribution in [-0.4, -0.2) is 26.0 Å². The Labute approximate surface area is 137 Å². The quantitative estimate of drug-likeness (QED) is 0.749. The molecular formula is C17H23NO4S. The first kappa shape index (κ1) is 17.7. The number of aryl methyl sites for hydroxylation is 2. The van der Waals surface area contributed by atoms with Gasteiger partial charge >= 0.3 is 5.97 Å². The third kappa shape index (κ3) is 4.42. The van der Waals surface area contributed by atoms with E-state index < -0.39 is 16.0 Å². The number of carboxylic acid groups (broad SMARTS) is 1. The van der Waals surface area contributed by atoms with Crippen molar-refractivity contribution < 1.29 is 18.3 Å². The SMILES string of the molecule is Cc1cc(C)c(S(=O)(=O)NC/C=C/C2CC2)c(C)c1CC(=O)O. The van der Waals surface area contributed by atoms with Crippen LogP contribution in [0.3, 0.4) is 0 Å². The van der Waals surface area contributed by atoms with Gasteiger partial charge in [-0.15, -0.1) is 0 Å². The van der Waals surface area contributed by atoms with E-state index >= 15 is 0 Å². The second-order valence-corrected chi connectivity index (χ2v) is 7.83. The topological polar surface area (TPSA) is 83.5 Å². The zero-order chi connectivity index (χ0) is 17.2. The lowest BCUT2D eigenvalue weighted by Gasteiger charge is -2.16. The highest BCUT2D eigenvalue weighted by Gasteiger charge is 2.23. The smallest absolute Gasteiger partial charge is 0.307 e. The molecule has 1 aromatic carbocycles. The monoisotopic (exact) mass is 337 g/mol. The van der Waals surface area contributed by atoms with Crippen molar-refractivity contribution >= 4 is 16.0 Å². The first-order chi connectivity index (χ1) is 10.7. The number of aliphatic carboxylic acids is 1. The molecule has 1 aliphatic carbocycles. The fourth-order valence-corrected chi connectivity index (χ4v) is 4.29. The van der Waals surface area contributed by atoms with E-state index in [0.717, 1.165) is 5.56 Å². The molecule has 0 amide bonds. The van der Waals surface area contributed by atoms with E-state index in [1.54, 1.807) is 26.8 Å². The second kappa shape index (κ2) is 6.84. The minimum Gasteiger partial charge on any atom is -0.481 e. The van der Waals surface area contributed by atoms with Crippen molar-refractivity contribution in [2.24, 2.45) is 5.92 Å². The van der Waals surface area contributed by atoms with Gasteiger partial charge < -0.3 is 5.11 Å². The molecule has 0 aliphatic heterocycles. The molecule has 0 spiro atoms. The molecule has 1 aliphatic rings. The summed E-state index contributed by atoms with van der Waals surface area (Å²) in [4.78, 5) is 11.2. The first-order valence-electron chi connectivity index (χ1n) is 7.70. The summed E-state index contributed by atoms with van der Waals surface area (Å²) in [5.41, 5.74) is 2.52. The molecule has 6 heteroatoms. The molecule has 2 rings (SSSR count). The third-order valence-electron chi connectivity index (χ3n) is 4.08. The van der Waals surface area contributed by atoms with Gasteiger partial charge in [-0.3, -0.25) is 4.79 Å². The fraction of sp³-hybridized carbons (Fsp3) is 0.471. The fourth-order valence-electron chi connectivity index (χ4n) is 2.82. The molecule has 126 valence electrons. The van der Waals surface area contributed by atoms with E-state index in [4.69, 9.17) is 5.11 Å². The van der Waals surface area contributed by atoms with E-state index in [1.807, 2.05) is 12.2 Å². The van der Waals surface area contributed by atoms with Crippen LogP contribution in [0.25, 0.3) is 0 Å². The average Bonchev–Trinajstić information content (AvgIpc) is 3.23. The maximum Gasteiger partial charge on any atom is 0.307 e. The van der Waals surface area contributed by atoms with E-state index in [0.29, 0.717) is 22.6 Å².